The van der Waals surface area contributed by atoms with Crippen molar-refractivity contribution in [3.8, 4) is 11.1 Å². The summed E-state index contributed by atoms with van der Waals surface area (Å²) >= 11 is 0. The highest BCUT2D eigenvalue weighted by Gasteiger charge is 2.33. The van der Waals surface area contributed by atoms with Crippen LogP contribution in [0.15, 0.2) is 72.8 Å². The second-order valence-electron chi connectivity index (χ2n) is 11.5. The zero-order valence-corrected chi connectivity index (χ0v) is 25.0. The lowest BCUT2D eigenvalue weighted by Crippen LogP contribution is -2.44. The number of nitrogens with one attached hydrogen (secondary N) is 1. The van der Waals surface area contributed by atoms with Gasteiger partial charge in [0.05, 0.1) is 32.0 Å². The lowest BCUT2D eigenvalue weighted by Gasteiger charge is -2.39. The number of carboxylic acids is 1. The third kappa shape index (κ3) is 9.20. The fourth-order valence-corrected chi connectivity index (χ4v) is 5.68. The van der Waals surface area contributed by atoms with E-state index in [9.17, 15) is 14.7 Å². The van der Waals surface area contributed by atoms with Crippen molar-refractivity contribution in [2.75, 3.05) is 32.8 Å². The lowest BCUT2D eigenvalue weighted by atomic mass is 9.98. The maximum absolute atomic E-state index is 12.2. The Kier molecular flexibility index (Phi) is 11.5. The van der Waals surface area contributed by atoms with Gasteiger partial charge in [-0.2, -0.15) is 0 Å². The second-order valence-corrected chi connectivity index (χ2v) is 11.5. The van der Waals surface area contributed by atoms with E-state index >= 15 is 0 Å². The van der Waals surface area contributed by atoms with Crippen molar-refractivity contribution >= 4 is 11.9 Å². The first kappa shape index (κ1) is 31.8. The van der Waals surface area contributed by atoms with Gasteiger partial charge in [-0.1, -0.05) is 60.7 Å². The normalized spacial score (nSPS) is 20.7. The zero-order chi connectivity index (χ0) is 30.7. The van der Waals surface area contributed by atoms with Gasteiger partial charge in [0.1, 0.15) is 0 Å². The quantitative estimate of drug-likeness (QED) is 0.235. The van der Waals surface area contributed by atoms with Crippen LogP contribution in [0.2, 0.25) is 0 Å². The SMILES string of the molecule is O=C(O)CCCCC(=O)NCc1cccc(-c2cccc([C@H]3O[C@@H](CN4CCOCC4)C[C@@H](c4ccc(CO)cc4)O3)c2)c1. The molecule has 0 radical (unpaired) electrons. The van der Waals surface area contributed by atoms with Crippen molar-refractivity contribution in [3.63, 3.8) is 0 Å². The number of aliphatic hydroxyl groups is 1. The van der Waals surface area contributed by atoms with E-state index in [0.29, 0.717) is 25.8 Å². The number of morpholine rings is 1. The highest BCUT2D eigenvalue weighted by Crippen LogP contribution is 2.39. The second kappa shape index (κ2) is 15.9. The molecule has 2 fully saturated rings. The van der Waals surface area contributed by atoms with E-state index in [-0.39, 0.29) is 31.1 Å². The maximum atomic E-state index is 12.2. The van der Waals surface area contributed by atoms with Crippen molar-refractivity contribution in [1.29, 1.82) is 0 Å². The first-order valence-corrected chi connectivity index (χ1v) is 15.5. The molecule has 2 heterocycles. The van der Waals surface area contributed by atoms with Crippen molar-refractivity contribution in [1.82, 2.24) is 10.2 Å². The number of benzene rings is 3. The topological polar surface area (TPSA) is 118 Å². The van der Waals surface area contributed by atoms with Crippen LogP contribution in [0.1, 0.15) is 66.8 Å². The minimum absolute atomic E-state index is 0.00611. The van der Waals surface area contributed by atoms with Crippen LogP contribution in [0, 0.1) is 0 Å². The highest BCUT2D eigenvalue weighted by molar-refractivity contribution is 5.76. The number of hydrogen-bond donors (Lipinski definition) is 3. The van der Waals surface area contributed by atoms with Gasteiger partial charge in [-0.3, -0.25) is 14.5 Å². The number of carbonyl (C=O) groups excluding carboxylic acids is 1. The Morgan fingerprint density at radius 3 is 2.32 bits per heavy atom. The van der Waals surface area contributed by atoms with Crippen LogP contribution in [0.25, 0.3) is 11.1 Å². The molecule has 0 bridgehead atoms. The van der Waals surface area contributed by atoms with Crippen molar-refractivity contribution < 1.29 is 34.0 Å². The summed E-state index contributed by atoms with van der Waals surface area (Å²) in [4.78, 5) is 25.3. The number of aliphatic hydroxyl groups excluding tert-OH is 1. The molecule has 3 N–H and O–H groups in total. The van der Waals surface area contributed by atoms with Crippen molar-refractivity contribution in [3.05, 3.63) is 95.1 Å². The van der Waals surface area contributed by atoms with Gasteiger partial charge in [0.25, 0.3) is 0 Å². The molecule has 0 spiro atoms. The van der Waals surface area contributed by atoms with Gasteiger partial charge in [0.2, 0.25) is 5.91 Å². The molecular formula is C35H42N2O7. The van der Waals surface area contributed by atoms with E-state index in [0.717, 1.165) is 72.6 Å². The fraction of sp³-hybridized carbons (Fsp3) is 0.429. The summed E-state index contributed by atoms with van der Waals surface area (Å²) in [5.41, 5.74) is 5.90. The van der Waals surface area contributed by atoms with Gasteiger partial charge in [0.15, 0.2) is 6.29 Å². The average Bonchev–Trinajstić information content (AvgIpc) is 3.06. The Balaban J connectivity index is 1.27. The lowest BCUT2D eigenvalue weighted by molar-refractivity contribution is -0.253. The molecule has 0 saturated carbocycles. The molecule has 2 aliphatic heterocycles. The molecule has 2 saturated heterocycles. The number of hydrogen-bond acceptors (Lipinski definition) is 7. The summed E-state index contributed by atoms with van der Waals surface area (Å²) in [6.07, 6.45) is 1.47. The Bertz CT molecular complexity index is 1370. The summed E-state index contributed by atoms with van der Waals surface area (Å²) < 4.78 is 18.7. The van der Waals surface area contributed by atoms with Gasteiger partial charge in [0, 0.05) is 51.0 Å². The molecule has 1 amide bonds. The summed E-state index contributed by atoms with van der Waals surface area (Å²) in [6.45, 7) is 4.46. The number of aliphatic carboxylic acids is 1. The number of rotatable bonds is 13. The number of carbonyl (C=O) groups is 2. The zero-order valence-electron chi connectivity index (χ0n) is 25.0. The molecule has 0 unspecified atom stereocenters. The molecule has 0 aromatic heterocycles. The standard InChI is InChI=1S/C35H42N2O7/c38-24-25-11-13-27(14-12-25)32-21-31(23-37-15-17-42-18-16-37)43-35(44-32)30-8-4-7-29(20-30)28-6-3-5-26(19-28)22-36-33(39)9-1-2-10-34(40)41/h3-8,11-14,19-20,31-32,35,38H,1-2,9-10,15-18,21-24H2,(H,36,39)(H,40,41)/t31-,32+,35+/m1/s1. The minimum atomic E-state index is -0.839. The van der Waals surface area contributed by atoms with E-state index < -0.39 is 12.3 Å². The molecule has 3 atom stereocenters. The predicted octanol–water partition coefficient (Wildman–Crippen LogP) is 4.98. The summed E-state index contributed by atoms with van der Waals surface area (Å²) in [5.74, 6) is -0.921. The Hall–Kier alpha value is -3.60. The fourth-order valence-electron chi connectivity index (χ4n) is 5.68. The molecule has 44 heavy (non-hydrogen) atoms. The van der Waals surface area contributed by atoms with E-state index in [1.807, 2.05) is 54.6 Å². The molecule has 5 rings (SSSR count). The van der Waals surface area contributed by atoms with E-state index in [1.165, 1.54) is 0 Å². The number of ether oxygens (including phenoxy) is 3. The minimum Gasteiger partial charge on any atom is -0.481 e. The van der Waals surface area contributed by atoms with Crippen LogP contribution < -0.4 is 5.32 Å². The Morgan fingerprint density at radius 2 is 1.57 bits per heavy atom. The van der Waals surface area contributed by atoms with Gasteiger partial charge in [-0.05, 0) is 52.8 Å². The van der Waals surface area contributed by atoms with Crippen molar-refractivity contribution in [2.45, 2.75) is 63.8 Å². The van der Waals surface area contributed by atoms with E-state index in [1.54, 1.807) is 0 Å². The maximum Gasteiger partial charge on any atom is 0.303 e. The van der Waals surface area contributed by atoms with Gasteiger partial charge >= 0.3 is 5.97 Å². The third-order valence-electron chi connectivity index (χ3n) is 8.13. The van der Waals surface area contributed by atoms with E-state index in [2.05, 4.69) is 28.4 Å². The van der Waals surface area contributed by atoms with Gasteiger partial charge < -0.3 is 29.7 Å². The summed E-state index contributed by atoms with van der Waals surface area (Å²) in [5, 5.41) is 21.2. The molecule has 2 aliphatic rings. The largest absolute Gasteiger partial charge is 0.481 e. The molecule has 9 nitrogen and oxygen atoms in total. The average molecular weight is 603 g/mol. The number of unbranched alkanes of at least 4 members (excludes halogenated alkanes) is 1. The Labute approximate surface area is 258 Å². The van der Waals surface area contributed by atoms with Crippen LogP contribution >= 0.6 is 0 Å². The molecule has 0 aliphatic carbocycles. The van der Waals surface area contributed by atoms with Crippen LogP contribution in [-0.2, 0) is 37.0 Å². The molecule has 234 valence electrons. The number of carboxylic acid groups (broad SMARTS) is 1. The third-order valence-corrected chi connectivity index (χ3v) is 8.13. The van der Waals surface area contributed by atoms with Crippen molar-refractivity contribution in [2.24, 2.45) is 0 Å². The number of nitrogens with zero attached hydrogens (tertiary/aromatic N) is 1. The molecule has 3 aromatic carbocycles. The predicted molar refractivity (Wildman–Crippen MR) is 166 cm³/mol. The van der Waals surface area contributed by atoms with E-state index in [4.69, 9.17) is 19.3 Å². The first-order chi connectivity index (χ1) is 21.5. The van der Waals surface area contributed by atoms with Crippen LogP contribution in [-0.4, -0.2) is 65.9 Å². The van der Waals surface area contributed by atoms with Gasteiger partial charge in [-0.15, -0.1) is 0 Å². The molecular weight excluding hydrogens is 560 g/mol. The number of amides is 1. The smallest absolute Gasteiger partial charge is 0.303 e. The van der Waals surface area contributed by atoms with Crippen LogP contribution in [0.3, 0.4) is 0 Å². The first-order valence-electron chi connectivity index (χ1n) is 15.5. The highest BCUT2D eigenvalue weighted by atomic mass is 16.7. The molecule has 9 heteroatoms. The monoisotopic (exact) mass is 602 g/mol. The summed E-state index contributed by atoms with van der Waals surface area (Å²) in [7, 11) is 0. The van der Waals surface area contributed by atoms with Crippen LogP contribution in [0.4, 0.5) is 0 Å². The van der Waals surface area contributed by atoms with Gasteiger partial charge in [-0.25, -0.2) is 0 Å². The van der Waals surface area contributed by atoms with Crippen LogP contribution in [0.5, 0.6) is 0 Å². The Morgan fingerprint density at radius 1 is 0.841 bits per heavy atom. The molecule has 3 aromatic rings. The summed E-state index contributed by atoms with van der Waals surface area (Å²) in [6, 6.07) is 24.2.